The lowest BCUT2D eigenvalue weighted by Gasteiger charge is -2.25. The van der Waals surface area contributed by atoms with E-state index >= 15 is 0 Å². The van der Waals surface area contributed by atoms with E-state index in [1.807, 2.05) is 19.1 Å². The number of benzene rings is 2. The zero-order valence-corrected chi connectivity index (χ0v) is 12.9. The molecule has 100 valence electrons. The lowest BCUT2D eigenvalue weighted by atomic mass is 10.1. The molecule has 0 radical (unpaired) electrons. The van der Waals surface area contributed by atoms with Crippen molar-refractivity contribution in [1.29, 1.82) is 0 Å². The van der Waals surface area contributed by atoms with Crippen LogP contribution in [0.15, 0.2) is 46.9 Å². The molecule has 2 aromatic carbocycles. The zero-order valence-electron chi connectivity index (χ0n) is 11.4. The predicted octanol–water partition coefficient (Wildman–Crippen LogP) is 4.37. The number of anilines is 2. The lowest BCUT2D eigenvalue weighted by molar-refractivity contribution is 0.829. The molecule has 0 heterocycles. The van der Waals surface area contributed by atoms with Gasteiger partial charge in [0.25, 0.3) is 0 Å². The Kier molecular flexibility index (Phi) is 4.48. The van der Waals surface area contributed by atoms with Crippen LogP contribution in [0.5, 0.6) is 0 Å². The molecule has 0 saturated heterocycles. The molecule has 2 nitrogen and oxygen atoms in total. The minimum atomic E-state index is 0.825. The first-order valence-electron chi connectivity index (χ1n) is 6.46. The Morgan fingerprint density at radius 2 is 1.84 bits per heavy atom. The summed E-state index contributed by atoms with van der Waals surface area (Å²) in [5, 5.41) is 0. The van der Waals surface area contributed by atoms with Gasteiger partial charge >= 0.3 is 0 Å². The Hall–Kier alpha value is -1.48. The highest BCUT2D eigenvalue weighted by Crippen LogP contribution is 2.31. The number of nitrogens with zero attached hydrogens (tertiary/aromatic N) is 1. The minimum Gasteiger partial charge on any atom is -0.398 e. The second-order valence-corrected chi connectivity index (χ2v) is 5.51. The molecule has 2 rings (SSSR count). The summed E-state index contributed by atoms with van der Waals surface area (Å²) in [6.45, 7) is 6.07. The number of halogens is 1. The van der Waals surface area contributed by atoms with Crippen LogP contribution in [0.1, 0.15) is 18.1 Å². The normalized spacial score (nSPS) is 10.5. The van der Waals surface area contributed by atoms with E-state index in [0.717, 1.165) is 28.8 Å². The van der Waals surface area contributed by atoms with E-state index in [1.54, 1.807) is 0 Å². The van der Waals surface area contributed by atoms with E-state index in [2.05, 4.69) is 58.1 Å². The Labute approximate surface area is 123 Å². The molecule has 0 aromatic heterocycles. The molecule has 0 aliphatic heterocycles. The standard InChI is InChI=1S/C16H19BrN2/c1-3-19(11-13-7-5-4-6-8-13)16-9-12(2)15(18)10-14(16)17/h4-10H,3,11,18H2,1-2H3. The Morgan fingerprint density at radius 3 is 2.47 bits per heavy atom. The van der Waals surface area contributed by atoms with Crippen molar-refractivity contribution >= 4 is 27.3 Å². The first-order valence-corrected chi connectivity index (χ1v) is 7.25. The Bertz CT molecular complexity index is 552. The number of rotatable bonds is 4. The van der Waals surface area contributed by atoms with Crippen LogP contribution in [0.25, 0.3) is 0 Å². The summed E-state index contributed by atoms with van der Waals surface area (Å²) >= 11 is 3.61. The van der Waals surface area contributed by atoms with Crippen LogP contribution in [0.3, 0.4) is 0 Å². The monoisotopic (exact) mass is 318 g/mol. The third kappa shape index (κ3) is 3.29. The van der Waals surface area contributed by atoms with E-state index < -0.39 is 0 Å². The van der Waals surface area contributed by atoms with Gasteiger partial charge in [-0.15, -0.1) is 0 Å². The molecule has 2 aromatic rings. The molecule has 0 aliphatic carbocycles. The molecule has 0 unspecified atom stereocenters. The average Bonchev–Trinajstić information content (AvgIpc) is 2.42. The van der Waals surface area contributed by atoms with Crippen LogP contribution in [0, 0.1) is 6.92 Å². The summed E-state index contributed by atoms with van der Waals surface area (Å²) in [4.78, 5) is 2.34. The molecular weight excluding hydrogens is 300 g/mol. The van der Waals surface area contributed by atoms with Crippen molar-refractivity contribution in [2.24, 2.45) is 0 Å². The summed E-state index contributed by atoms with van der Waals surface area (Å²) < 4.78 is 1.05. The van der Waals surface area contributed by atoms with E-state index in [0.29, 0.717) is 0 Å². The fourth-order valence-corrected chi connectivity index (χ4v) is 2.71. The third-order valence-electron chi connectivity index (χ3n) is 3.27. The van der Waals surface area contributed by atoms with Gasteiger partial charge in [-0.1, -0.05) is 30.3 Å². The molecule has 2 N–H and O–H groups in total. The van der Waals surface area contributed by atoms with Crippen molar-refractivity contribution in [2.45, 2.75) is 20.4 Å². The molecule has 0 aliphatic rings. The molecule has 0 spiro atoms. The van der Waals surface area contributed by atoms with Gasteiger partial charge in [0, 0.05) is 23.2 Å². The molecule has 19 heavy (non-hydrogen) atoms. The average molecular weight is 319 g/mol. The topological polar surface area (TPSA) is 29.3 Å². The van der Waals surface area contributed by atoms with Crippen molar-refractivity contribution in [2.75, 3.05) is 17.2 Å². The maximum atomic E-state index is 5.94. The van der Waals surface area contributed by atoms with Gasteiger partial charge < -0.3 is 10.6 Å². The van der Waals surface area contributed by atoms with Crippen molar-refractivity contribution < 1.29 is 0 Å². The van der Waals surface area contributed by atoms with E-state index in [-0.39, 0.29) is 0 Å². The van der Waals surface area contributed by atoms with Crippen LogP contribution < -0.4 is 10.6 Å². The minimum absolute atomic E-state index is 0.825. The van der Waals surface area contributed by atoms with Crippen LogP contribution >= 0.6 is 15.9 Å². The van der Waals surface area contributed by atoms with Crippen molar-refractivity contribution in [3.63, 3.8) is 0 Å². The summed E-state index contributed by atoms with van der Waals surface area (Å²) in [5.41, 5.74) is 10.4. The lowest BCUT2D eigenvalue weighted by Crippen LogP contribution is -2.22. The highest BCUT2D eigenvalue weighted by molar-refractivity contribution is 9.10. The van der Waals surface area contributed by atoms with Gasteiger partial charge in [0.15, 0.2) is 0 Å². The first kappa shape index (κ1) is 13.9. The molecular formula is C16H19BrN2. The molecule has 3 heteroatoms. The Balaban J connectivity index is 2.30. The van der Waals surface area contributed by atoms with Gasteiger partial charge in [-0.05, 0) is 53.0 Å². The van der Waals surface area contributed by atoms with Gasteiger partial charge in [-0.25, -0.2) is 0 Å². The number of nitrogens with two attached hydrogens (primary N) is 1. The molecule has 0 atom stereocenters. The van der Waals surface area contributed by atoms with Crippen molar-refractivity contribution in [3.8, 4) is 0 Å². The number of hydrogen-bond acceptors (Lipinski definition) is 2. The molecule has 0 bridgehead atoms. The largest absolute Gasteiger partial charge is 0.398 e. The van der Waals surface area contributed by atoms with Crippen LogP contribution in [-0.4, -0.2) is 6.54 Å². The fraction of sp³-hybridized carbons (Fsp3) is 0.250. The molecule has 0 amide bonds. The molecule has 0 fully saturated rings. The maximum Gasteiger partial charge on any atom is 0.0517 e. The van der Waals surface area contributed by atoms with Crippen molar-refractivity contribution in [1.82, 2.24) is 0 Å². The highest BCUT2D eigenvalue weighted by Gasteiger charge is 2.11. The van der Waals surface area contributed by atoms with E-state index in [9.17, 15) is 0 Å². The smallest absolute Gasteiger partial charge is 0.0517 e. The summed E-state index contributed by atoms with van der Waals surface area (Å²) in [7, 11) is 0. The first-order chi connectivity index (χ1) is 9.11. The third-order valence-corrected chi connectivity index (χ3v) is 3.91. The van der Waals surface area contributed by atoms with Crippen LogP contribution in [0.4, 0.5) is 11.4 Å². The van der Waals surface area contributed by atoms with Crippen molar-refractivity contribution in [3.05, 3.63) is 58.1 Å². The van der Waals surface area contributed by atoms with Gasteiger partial charge in [0.1, 0.15) is 0 Å². The predicted molar refractivity (Wildman–Crippen MR) is 86.5 cm³/mol. The summed E-state index contributed by atoms with van der Waals surface area (Å²) in [6.07, 6.45) is 0. The molecule has 0 saturated carbocycles. The highest BCUT2D eigenvalue weighted by atomic mass is 79.9. The maximum absolute atomic E-state index is 5.94. The number of nitrogen functional groups attached to an aromatic ring is 1. The van der Waals surface area contributed by atoms with Crippen LogP contribution in [0.2, 0.25) is 0 Å². The fourth-order valence-electron chi connectivity index (χ4n) is 2.10. The second kappa shape index (κ2) is 6.11. The van der Waals surface area contributed by atoms with E-state index in [4.69, 9.17) is 5.73 Å². The summed E-state index contributed by atoms with van der Waals surface area (Å²) in [5.74, 6) is 0. The van der Waals surface area contributed by atoms with Gasteiger partial charge in [0.2, 0.25) is 0 Å². The van der Waals surface area contributed by atoms with E-state index in [1.165, 1.54) is 11.3 Å². The zero-order chi connectivity index (χ0) is 13.8. The second-order valence-electron chi connectivity index (χ2n) is 4.66. The number of aryl methyl sites for hydroxylation is 1. The van der Waals surface area contributed by atoms with Gasteiger partial charge in [-0.3, -0.25) is 0 Å². The Morgan fingerprint density at radius 1 is 1.16 bits per heavy atom. The summed E-state index contributed by atoms with van der Waals surface area (Å²) in [6, 6.07) is 14.6. The SMILES string of the molecule is CCN(Cc1ccccc1)c1cc(C)c(N)cc1Br. The van der Waals surface area contributed by atoms with Gasteiger partial charge in [0.05, 0.1) is 5.69 Å². The van der Waals surface area contributed by atoms with Crippen LogP contribution in [-0.2, 0) is 6.54 Å². The number of hydrogen-bond donors (Lipinski definition) is 1. The van der Waals surface area contributed by atoms with Gasteiger partial charge in [-0.2, -0.15) is 0 Å². The quantitative estimate of drug-likeness (QED) is 0.848.